The first-order chi connectivity index (χ1) is 13.2. The minimum Gasteiger partial charge on any atom is -0.385 e. The van der Waals surface area contributed by atoms with Crippen molar-refractivity contribution in [3.8, 4) is 0 Å². The SMILES string of the molecule is O=C(c1ccccc1)N1CC[NH+](C[C@@H](O)Cn2ccc3ccccc32)CC1. The fraction of sp³-hybridized carbons (Fsp3) is 0.318. The van der Waals surface area contributed by atoms with Gasteiger partial charge in [-0.25, -0.2) is 0 Å². The molecule has 0 radical (unpaired) electrons. The summed E-state index contributed by atoms with van der Waals surface area (Å²) in [7, 11) is 0. The third kappa shape index (κ3) is 4.04. The van der Waals surface area contributed by atoms with Crippen molar-refractivity contribution in [2.75, 3.05) is 32.7 Å². The lowest BCUT2D eigenvalue weighted by atomic mass is 10.2. The zero-order chi connectivity index (χ0) is 18.6. The van der Waals surface area contributed by atoms with Crippen LogP contribution in [0.25, 0.3) is 10.9 Å². The predicted octanol–water partition coefficient (Wildman–Crippen LogP) is 1.04. The van der Waals surface area contributed by atoms with Crippen molar-refractivity contribution in [2.45, 2.75) is 12.6 Å². The van der Waals surface area contributed by atoms with E-state index in [1.165, 1.54) is 10.3 Å². The molecule has 1 saturated heterocycles. The summed E-state index contributed by atoms with van der Waals surface area (Å²) in [4.78, 5) is 15.8. The largest absolute Gasteiger partial charge is 0.385 e. The number of para-hydroxylation sites is 1. The molecule has 0 spiro atoms. The van der Waals surface area contributed by atoms with E-state index in [2.05, 4.69) is 22.8 Å². The van der Waals surface area contributed by atoms with Crippen molar-refractivity contribution in [3.63, 3.8) is 0 Å². The summed E-state index contributed by atoms with van der Waals surface area (Å²) >= 11 is 0. The molecule has 140 valence electrons. The lowest BCUT2D eigenvalue weighted by molar-refractivity contribution is -0.907. The number of nitrogens with one attached hydrogen (secondary N) is 1. The lowest BCUT2D eigenvalue weighted by Crippen LogP contribution is -3.15. The van der Waals surface area contributed by atoms with Gasteiger partial charge in [0, 0.05) is 17.3 Å². The van der Waals surface area contributed by atoms with Gasteiger partial charge in [0.2, 0.25) is 0 Å². The molecule has 27 heavy (non-hydrogen) atoms. The summed E-state index contributed by atoms with van der Waals surface area (Å²) in [5.41, 5.74) is 1.91. The number of carbonyl (C=O) groups is 1. The van der Waals surface area contributed by atoms with Crippen molar-refractivity contribution >= 4 is 16.8 Å². The standard InChI is InChI=1S/C22H25N3O2/c26-20(17-25-11-10-18-6-4-5-9-21(18)25)16-23-12-14-24(15-13-23)22(27)19-7-2-1-3-8-19/h1-11,20,26H,12-17H2/p+1/t20-/m1/s1. The van der Waals surface area contributed by atoms with E-state index in [1.807, 2.05) is 53.6 Å². The predicted molar refractivity (Wildman–Crippen MR) is 106 cm³/mol. The van der Waals surface area contributed by atoms with E-state index in [0.717, 1.165) is 37.3 Å². The van der Waals surface area contributed by atoms with Crippen LogP contribution in [0.4, 0.5) is 0 Å². The number of benzene rings is 2. The first kappa shape index (κ1) is 17.8. The number of rotatable bonds is 5. The average Bonchev–Trinajstić information content (AvgIpc) is 3.11. The Labute approximate surface area is 159 Å². The average molecular weight is 364 g/mol. The smallest absolute Gasteiger partial charge is 0.254 e. The Morgan fingerprint density at radius 2 is 1.70 bits per heavy atom. The number of nitrogens with zero attached hydrogens (tertiary/aromatic N) is 2. The Hall–Kier alpha value is -2.63. The number of piperazine rings is 1. The Kier molecular flexibility index (Phi) is 5.23. The van der Waals surface area contributed by atoms with Gasteiger partial charge in [-0.1, -0.05) is 36.4 Å². The molecule has 5 nitrogen and oxygen atoms in total. The van der Waals surface area contributed by atoms with Crippen LogP contribution >= 0.6 is 0 Å². The molecule has 1 amide bonds. The van der Waals surface area contributed by atoms with Crippen LogP contribution in [0.2, 0.25) is 0 Å². The van der Waals surface area contributed by atoms with Gasteiger partial charge in [0.25, 0.3) is 5.91 Å². The van der Waals surface area contributed by atoms with Gasteiger partial charge in [0.15, 0.2) is 0 Å². The number of aliphatic hydroxyl groups is 1. The van der Waals surface area contributed by atoms with E-state index in [4.69, 9.17) is 0 Å². The van der Waals surface area contributed by atoms with E-state index < -0.39 is 6.10 Å². The summed E-state index contributed by atoms with van der Waals surface area (Å²) in [5, 5.41) is 11.8. The third-order valence-electron chi connectivity index (χ3n) is 5.39. The summed E-state index contributed by atoms with van der Waals surface area (Å²) < 4.78 is 2.12. The number of hydrogen-bond donors (Lipinski definition) is 2. The summed E-state index contributed by atoms with van der Waals surface area (Å²) in [6.07, 6.45) is 1.65. The molecule has 5 heteroatoms. The highest BCUT2D eigenvalue weighted by atomic mass is 16.3. The Bertz CT molecular complexity index is 898. The quantitative estimate of drug-likeness (QED) is 0.711. The third-order valence-corrected chi connectivity index (χ3v) is 5.39. The maximum atomic E-state index is 12.5. The van der Waals surface area contributed by atoms with Crippen molar-refractivity contribution in [2.24, 2.45) is 0 Å². The van der Waals surface area contributed by atoms with Crippen LogP contribution < -0.4 is 4.90 Å². The van der Waals surface area contributed by atoms with Crippen LogP contribution in [0, 0.1) is 0 Å². The Morgan fingerprint density at radius 1 is 1.00 bits per heavy atom. The van der Waals surface area contributed by atoms with E-state index in [1.54, 1.807) is 0 Å². The summed E-state index contributed by atoms with van der Waals surface area (Å²) in [5.74, 6) is 0.106. The second-order valence-corrected chi connectivity index (χ2v) is 7.29. The summed E-state index contributed by atoms with van der Waals surface area (Å²) in [6, 6.07) is 19.8. The fourth-order valence-corrected chi connectivity index (χ4v) is 3.92. The zero-order valence-corrected chi connectivity index (χ0v) is 15.4. The number of aromatic nitrogens is 1. The van der Waals surface area contributed by atoms with Gasteiger partial charge in [0.1, 0.15) is 12.6 Å². The summed E-state index contributed by atoms with van der Waals surface area (Å²) in [6.45, 7) is 4.54. The molecule has 1 fully saturated rings. The molecule has 0 aliphatic carbocycles. The lowest BCUT2D eigenvalue weighted by Gasteiger charge is -2.33. The van der Waals surface area contributed by atoms with Gasteiger partial charge in [0.05, 0.1) is 32.7 Å². The molecule has 1 atom stereocenters. The minimum atomic E-state index is -0.396. The minimum absolute atomic E-state index is 0.106. The second kappa shape index (κ2) is 7.94. The van der Waals surface area contributed by atoms with Crippen LogP contribution in [0.1, 0.15) is 10.4 Å². The van der Waals surface area contributed by atoms with E-state index in [9.17, 15) is 9.90 Å². The van der Waals surface area contributed by atoms with Gasteiger partial charge >= 0.3 is 0 Å². The van der Waals surface area contributed by atoms with Crippen LogP contribution in [0.15, 0.2) is 66.9 Å². The second-order valence-electron chi connectivity index (χ2n) is 7.29. The van der Waals surface area contributed by atoms with Gasteiger partial charge in [-0.05, 0) is 29.7 Å². The highest BCUT2D eigenvalue weighted by Gasteiger charge is 2.26. The molecule has 4 rings (SSSR count). The van der Waals surface area contributed by atoms with Gasteiger partial charge < -0.3 is 19.5 Å². The highest BCUT2D eigenvalue weighted by Crippen LogP contribution is 2.15. The van der Waals surface area contributed by atoms with Crippen LogP contribution in [-0.2, 0) is 6.54 Å². The molecule has 2 heterocycles. The molecule has 3 aromatic rings. The number of amides is 1. The van der Waals surface area contributed by atoms with Crippen LogP contribution in [0.5, 0.6) is 0 Å². The number of aliphatic hydroxyl groups excluding tert-OH is 1. The van der Waals surface area contributed by atoms with Gasteiger partial charge in [-0.2, -0.15) is 0 Å². The van der Waals surface area contributed by atoms with Gasteiger partial charge in [-0.15, -0.1) is 0 Å². The maximum absolute atomic E-state index is 12.5. The number of carbonyl (C=O) groups excluding carboxylic acids is 1. The Balaban J connectivity index is 1.29. The molecule has 2 aromatic carbocycles. The highest BCUT2D eigenvalue weighted by molar-refractivity contribution is 5.94. The van der Waals surface area contributed by atoms with Gasteiger partial charge in [-0.3, -0.25) is 4.79 Å². The molecule has 0 unspecified atom stereocenters. The van der Waals surface area contributed by atoms with Crippen molar-refractivity contribution in [1.82, 2.24) is 9.47 Å². The first-order valence-corrected chi connectivity index (χ1v) is 9.60. The van der Waals surface area contributed by atoms with E-state index in [-0.39, 0.29) is 5.91 Å². The molecular weight excluding hydrogens is 338 g/mol. The molecule has 1 aliphatic rings. The molecular formula is C22H26N3O2+. The van der Waals surface area contributed by atoms with Crippen molar-refractivity contribution in [3.05, 3.63) is 72.4 Å². The maximum Gasteiger partial charge on any atom is 0.254 e. The molecule has 1 aliphatic heterocycles. The number of fused-ring (bicyclic) bond motifs is 1. The molecule has 0 bridgehead atoms. The first-order valence-electron chi connectivity index (χ1n) is 9.60. The van der Waals surface area contributed by atoms with Crippen LogP contribution in [0.3, 0.4) is 0 Å². The molecule has 1 aromatic heterocycles. The van der Waals surface area contributed by atoms with E-state index in [0.29, 0.717) is 13.1 Å². The normalized spacial score (nSPS) is 16.6. The van der Waals surface area contributed by atoms with Crippen molar-refractivity contribution in [1.29, 1.82) is 0 Å². The topological polar surface area (TPSA) is 49.9 Å². The monoisotopic (exact) mass is 364 g/mol. The van der Waals surface area contributed by atoms with Crippen molar-refractivity contribution < 1.29 is 14.8 Å². The Morgan fingerprint density at radius 3 is 2.48 bits per heavy atom. The van der Waals surface area contributed by atoms with E-state index >= 15 is 0 Å². The number of hydrogen-bond acceptors (Lipinski definition) is 2. The fourth-order valence-electron chi connectivity index (χ4n) is 3.92. The zero-order valence-electron chi connectivity index (χ0n) is 15.4. The molecule has 2 N–H and O–H groups in total. The van der Waals surface area contributed by atoms with Crippen LogP contribution in [-0.4, -0.2) is 59.3 Å². The molecule has 0 saturated carbocycles. The number of quaternary nitrogens is 1.